The number of methoxy groups -OCH3 is 3. The van der Waals surface area contributed by atoms with E-state index in [1.165, 1.54) is 21.3 Å². The number of nitrogens with zero attached hydrogens (tertiary/aromatic N) is 1. The summed E-state index contributed by atoms with van der Waals surface area (Å²) in [7, 11) is 3.91. The smallest absolute Gasteiger partial charge is 0.348 e. The van der Waals surface area contributed by atoms with Crippen molar-refractivity contribution in [3.05, 3.63) is 34.9 Å². The van der Waals surface area contributed by atoms with Crippen LogP contribution in [-0.4, -0.2) is 38.9 Å². The Morgan fingerprint density at radius 3 is 2.33 bits per heavy atom. The molecule has 1 atom stereocenters. The molecule has 1 rings (SSSR count). The van der Waals surface area contributed by atoms with Crippen LogP contribution in [0.25, 0.3) is 0 Å². The van der Waals surface area contributed by atoms with Gasteiger partial charge in [-0.05, 0) is 24.1 Å². The Hall–Kier alpha value is -2.39. The molecule has 0 aromatic heterocycles. The van der Waals surface area contributed by atoms with Gasteiger partial charge >= 0.3 is 11.9 Å². The molecule has 6 nitrogen and oxygen atoms in total. The van der Waals surface area contributed by atoms with E-state index in [4.69, 9.17) is 14.7 Å². The molecular weight excluding hydrogens is 274 g/mol. The minimum Gasteiger partial charge on any atom is -0.467 e. The van der Waals surface area contributed by atoms with Crippen LogP contribution in [-0.2, 0) is 23.8 Å². The second-order valence-electron chi connectivity index (χ2n) is 4.39. The molecule has 0 aromatic rings. The quantitative estimate of drug-likeness (QED) is 0.442. The SMILES string of the molecule is COC(=O)C(C#N)=C(C)C1=CCC(OC)(C(=O)OC)C=C1. The molecule has 6 heteroatoms. The molecule has 0 bridgehead atoms. The highest BCUT2D eigenvalue weighted by Gasteiger charge is 2.38. The summed E-state index contributed by atoms with van der Waals surface area (Å²) in [6.07, 6.45) is 5.15. The highest BCUT2D eigenvalue weighted by atomic mass is 16.6. The maximum atomic E-state index is 11.8. The van der Waals surface area contributed by atoms with Crippen molar-refractivity contribution < 1.29 is 23.8 Å². The summed E-state index contributed by atoms with van der Waals surface area (Å²) in [5, 5.41) is 9.04. The van der Waals surface area contributed by atoms with Crippen molar-refractivity contribution in [3.63, 3.8) is 0 Å². The topological polar surface area (TPSA) is 85.6 Å². The number of allylic oxidation sites excluding steroid dienone is 3. The van der Waals surface area contributed by atoms with E-state index in [1.54, 1.807) is 25.2 Å². The Morgan fingerprint density at radius 2 is 1.95 bits per heavy atom. The fourth-order valence-corrected chi connectivity index (χ4v) is 1.99. The molecule has 0 saturated heterocycles. The van der Waals surface area contributed by atoms with Crippen molar-refractivity contribution in [2.45, 2.75) is 18.9 Å². The molecule has 0 aliphatic heterocycles. The van der Waals surface area contributed by atoms with E-state index in [-0.39, 0.29) is 12.0 Å². The molecule has 0 amide bonds. The number of ether oxygens (including phenoxy) is 3. The zero-order valence-corrected chi connectivity index (χ0v) is 12.4. The fraction of sp³-hybridized carbons (Fsp3) is 0.400. The molecule has 112 valence electrons. The number of rotatable bonds is 4. The maximum absolute atomic E-state index is 11.8. The lowest BCUT2D eigenvalue weighted by atomic mass is 9.88. The molecule has 0 spiro atoms. The molecule has 0 saturated carbocycles. The fourth-order valence-electron chi connectivity index (χ4n) is 1.99. The number of hydrogen-bond acceptors (Lipinski definition) is 6. The molecule has 21 heavy (non-hydrogen) atoms. The first-order valence-corrected chi connectivity index (χ1v) is 6.18. The first-order chi connectivity index (χ1) is 9.95. The van der Waals surface area contributed by atoms with Crippen LogP contribution in [0.5, 0.6) is 0 Å². The van der Waals surface area contributed by atoms with Crippen molar-refractivity contribution in [2.24, 2.45) is 0 Å². The lowest BCUT2D eigenvalue weighted by molar-refractivity contribution is -0.160. The van der Waals surface area contributed by atoms with Gasteiger partial charge in [-0.2, -0.15) is 5.26 Å². The van der Waals surface area contributed by atoms with E-state index < -0.39 is 17.5 Å². The van der Waals surface area contributed by atoms with Crippen LogP contribution in [0.1, 0.15) is 13.3 Å². The van der Waals surface area contributed by atoms with Gasteiger partial charge in [0.05, 0.1) is 14.2 Å². The van der Waals surface area contributed by atoms with Gasteiger partial charge < -0.3 is 14.2 Å². The molecule has 1 unspecified atom stereocenters. The third-order valence-corrected chi connectivity index (χ3v) is 3.36. The van der Waals surface area contributed by atoms with Crippen LogP contribution in [0.4, 0.5) is 0 Å². The number of hydrogen-bond donors (Lipinski definition) is 0. The first-order valence-electron chi connectivity index (χ1n) is 6.18. The minimum absolute atomic E-state index is 0.0728. The second kappa shape index (κ2) is 6.86. The van der Waals surface area contributed by atoms with Crippen molar-refractivity contribution >= 4 is 11.9 Å². The zero-order chi connectivity index (χ0) is 16.0. The largest absolute Gasteiger partial charge is 0.467 e. The van der Waals surface area contributed by atoms with Gasteiger partial charge in [0.15, 0.2) is 5.60 Å². The summed E-state index contributed by atoms with van der Waals surface area (Å²) in [6, 6.07) is 1.83. The van der Waals surface area contributed by atoms with Gasteiger partial charge in [0.1, 0.15) is 11.6 Å². The molecule has 0 aromatic carbocycles. The van der Waals surface area contributed by atoms with Crippen LogP contribution >= 0.6 is 0 Å². The summed E-state index contributed by atoms with van der Waals surface area (Å²) in [5.41, 5.74) is -0.101. The highest BCUT2D eigenvalue weighted by molar-refractivity contribution is 5.94. The summed E-state index contributed by atoms with van der Waals surface area (Å²) in [4.78, 5) is 23.3. The molecule has 1 aliphatic rings. The molecule has 0 fully saturated rings. The number of esters is 2. The second-order valence-corrected chi connectivity index (χ2v) is 4.39. The van der Waals surface area contributed by atoms with Gasteiger partial charge in [-0.3, -0.25) is 0 Å². The molecule has 1 aliphatic carbocycles. The van der Waals surface area contributed by atoms with E-state index in [0.29, 0.717) is 11.1 Å². The van der Waals surface area contributed by atoms with Crippen LogP contribution in [0, 0.1) is 11.3 Å². The maximum Gasteiger partial charge on any atom is 0.348 e. The van der Waals surface area contributed by atoms with E-state index in [1.807, 2.05) is 6.07 Å². The molecule has 0 heterocycles. The van der Waals surface area contributed by atoms with Gasteiger partial charge in [-0.1, -0.05) is 12.2 Å². The van der Waals surface area contributed by atoms with Crippen LogP contribution in [0.15, 0.2) is 34.9 Å². The zero-order valence-electron chi connectivity index (χ0n) is 12.4. The van der Waals surface area contributed by atoms with Gasteiger partial charge in [0.2, 0.25) is 0 Å². The average Bonchev–Trinajstić information content (AvgIpc) is 2.54. The standard InChI is InChI=1S/C15H17NO5/c1-10(12(9-16)13(17)19-2)11-5-7-15(21-4,8-6-11)14(18)20-3/h5-7H,8H2,1-4H3. The van der Waals surface area contributed by atoms with Crippen LogP contribution in [0.2, 0.25) is 0 Å². The van der Waals surface area contributed by atoms with E-state index in [2.05, 4.69) is 4.74 Å². The summed E-state index contributed by atoms with van der Waals surface area (Å²) < 4.78 is 14.5. The monoisotopic (exact) mass is 291 g/mol. The third-order valence-electron chi connectivity index (χ3n) is 3.36. The Balaban J connectivity index is 3.12. The van der Waals surface area contributed by atoms with E-state index in [9.17, 15) is 9.59 Å². The lowest BCUT2D eigenvalue weighted by Crippen LogP contribution is -2.40. The summed E-state index contributed by atoms with van der Waals surface area (Å²) >= 11 is 0. The van der Waals surface area contributed by atoms with Crippen LogP contribution < -0.4 is 0 Å². The van der Waals surface area contributed by atoms with Gasteiger partial charge in [-0.25, -0.2) is 9.59 Å². The molecule has 0 N–H and O–H groups in total. The van der Waals surface area contributed by atoms with Crippen molar-refractivity contribution in [1.29, 1.82) is 5.26 Å². The van der Waals surface area contributed by atoms with Crippen molar-refractivity contribution in [2.75, 3.05) is 21.3 Å². The predicted octanol–water partition coefficient (Wildman–Crippen LogP) is 1.44. The minimum atomic E-state index is -1.17. The van der Waals surface area contributed by atoms with Gasteiger partial charge in [0, 0.05) is 13.5 Å². The van der Waals surface area contributed by atoms with E-state index >= 15 is 0 Å². The Kier molecular flexibility index (Phi) is 5.44. The predicted molar refractivity (Wildman–Crippen MR) is 73.9 cm³/mol. The Bertz CT molecular complexity index is 579. The van der Waals surface area contributed by atoms with E-state index in [0.717, 1.165) is 0 Å². The normalized spacial score (nSPS) is 21.8. The lowest BCUT2D eigenvalue weighted by Gasteiger charge is -2.28. The van der Waals surface area contributed by atoms with Crippen LogP contribution in [0.3, 0.4) is 0 Å². The number of carbonyl (C=O) groups excluding carboxylic acids is 2. The third kappa shape index (κ3) is 3.20. The highest BCUT2D eigenvalue weighted by Crippen LogP contribution is 2.29. The van der Waals surface area contributed by atoms with Gasteiger partial charge in [-0.15, -0.1) is 0 Å². The Labute approximate surface area is 123 Å². The van der Waals surface area contributed by atoms with Gasteiger partial charge in [0.25, 0.3) is 0 Å². The Morgan fingerprint density at radius 1 is 1.29 bits per heavy atom. The summed E-state index contributed by atoms with van der Waals surface area (Å²) in [5.74, 6) is -1.20. The van der Waals surface area contributed by atoms with Crippen molar-refractivity contribution in [3.8, 4) is 6.07 Å². The molecular formula is C15H17NO5. The summed E-state index contributed by atoms with van der Waals surface area (Å²) in [6.45, 7) is 1.64. The average molecular weight is 291 g/mol. The number of nitriles is 1. The molecule has 0 radical (unpaired) electrons. The first kappa shape index (κ1) is 16.7. The van der Waals surface area contributed by atoms with Crippen molar-refractivity contribution in [1.82, 2.24) is 0 Å². The number of carbonyl (C=O) groups is 2.